The normalized spacial score (nSPS) is 15.9. The van der Waals surface area contributed by atoms with Crippen LogP contribution in [0.25, 0.3) is 0 Å². The summed E-state index contributed by atoms with van der Waals surface area (Å²) < 4.78 is 5.72. The molecule has 0 aromatic heterocycles. The topological polar surface area (TPSA) is 58.6 Å². The monoisotopic (exact) mass is 414 g/mol. The average molecular weight is 415 g/mol. The molecule has 0 bridgehead atoms. The Bertz CT molecular complexity index is 878. The largest absolute Gasteiger partial charge is 0.376 e. The fourth-order valence-corrected chi connectivity index (χ4v) is 3.63. The van der Waals surface area contributed by atoms with Gasteiger partial charge in [-0.15, -0.1) is 0 Å². The lowest BCUT2D eigenvalue weighted by molar-refractivity contribution is -0.136. The van der Waals surface area contributed by atoms with Crippen LogP contribution in [0.2, 0.25) is 5.02 Å². The van der Waals surface area contributed by atoms with Gasteiger partial charge in [0.2, 0.25) is 11.8 Å². The zero-order valence-electron chi connectivity index (χ0n) is 16.9. The second-order valence-corrected chi connectivity index (χ2v) is 7.96. The lowest BCUT2D eigenvalue weighted by atomic mass is 10.1. The van der Waals surface area contributed by atoms with Crippen molar-refractivity contribution in [2.24, 2.45) is 0 Å². The Hall–Kier alpha value is -2.37. The van der Waals surface area contributed by atoms with Crippen LogP contribution in [0.1, 0.15) is 36.0 Å². The number of halogens is 1. The maximum Gasteiger partial charge on any atom is 0.233 e. The van der Waals surface area contributed by atoms with E-state index in [1.807, 2.05) is 44.2 Å². The molecule has 1 unspecified atom stereocenters. The number of hydrogen-bond donors (Lipinski definition) is 1. The van der Waals surface area contributed by atoms with Gasteiger partial charge in [-0.2, -0.15) is 0 Å². The molecule has 2 aromatic rings. The quantitative estimate of drug-likeness (QED) is 0.679. The SMILES string of the molecule is Cc1ccccc1CN(CC1CCCO1)C(=O)CC(=O)Nc1cc(Cl)ccc1C. The number of hydrogen-bond acceptors (Lipinski definition) is 3. The molecule has 5 nitrogen and oxygen atoms in total. The lowest BCUT2D eigenvalue weighted by Crippen LogP contribution is -2.38. The van der Waals surface area contributed by atoms with Gasteiger partial charge in [-0.1, -0.05) is 41.9 Å². The minimum absolute atomic E-state index is 0.0289. The first kappa shape index (κ1) is 21.3. The van der Waals surface area contributed by atoms with Crippen molar-refractivity contribution in [2.75, 3.05) is 18.5 Å². The summed E-state index contributed by atoms with van der Waals surface area (Å²) in [6.45, 7) is 5.60. The van der Waals surface area contributed by atoms with Gasteiger partial charge in [-0.3, -0.25) is 9.59 Å². The van der Waals surface area contributed by atoms with Crippen LogP contribution in [-0.2, 0) is 20.9 Å². The molecule has 2 amide bonds. The number of aryl methyl sites for hydroxylation is 2. The third-order valence-electron chi connectivity index (χ3n) is 5.21. The molecule has 0 spiro atoms. The highest BCUT2D eigenvalue weighted by Crippen LogP contribution is 2.21. The first-order valence-electron chi connectivity index (χ1n) is 9.92. The van der Waals surface area contributed by atoms with Crippen LogP contribution >= 0.6 is 11.6 Å². The fourth-order valence-electron chi connectivity index (χ4n) is 3.45. The van der Waals surface area contributed by atoms with Gasteiger partial charge in [0.1, 0.15) is 6.42 Å². The summed E-state index contributed by atoms with van der Waals surface area (Å²) in [5, 5.41) is 3.34. The molecule has 3 rings (SSSR count). The Labute approximate surface area is 177 Å². The van der Waals surface area contributed by atoms with Crippen molar-refractivity contribution >= 4 is 29.1 Å². The number of nitrogens with zero attached hydrogens (tertiary/aromatic N) is 1. The van der Waals surface area contributed by atoms with Gasteiger partial charge in [-0.25, -0.2) is 0 Å². The highest BCUT2D eigenvalue weighted by molar-refractivity contribution is 6.31. The Kier molecular flexibility index (Phi) is 7.29. The molecule has 1 atom stereocenters. The summed E-state index contributed by atoms with van der Waals surface area (Å²) in [6, 6.07) is 13.3. The van der Waals surface area contributed by atoms with Crippen LogP contribution in [0, 0.1) is 13.8 Å². The molecule has 1 heterocycles. The van der Waals surface area contributed by atoms with E-state index in [4.69, 9.17) is 16.3 Å². The van der Waals surface area contributed by atoms with E-state index in [2.05, 4.69) is 5.32 Å². The van der Waals surface area contributed by atoms with Crippen molar-refractivity contribution in [2.45, 2.75) is 45.8 Å². The number of nitrogens with one attached hydrogen (secondary N) is 1. The van der Waals surface area contributed by atoms with Gasteiger partial charge in [-0.05, 0) is 55.5 Å². The van der Waals surface area contributed by atoms with E-state index in [0.29, 0.717) is 23.8 Å². The van der Waals surface area contributed by atoms with Gasteiger partial charge >= 0.3 is 0 Å². The molecule has 29 heavy (non-hydrogen) atoms. The maximum absolute atomic E-state index is 13.0. The average Bonchev–Trinajstić information content (AvgIpc) is 3.19. The Morgan fingerprint density at radius 3 is 2.69 bits per heavy atom. The third kappa shape index (κ3) is 6.05. The van der Waals surface area contributed by atoms with E-state index in [1.54, 1.807) is 17.0 Å². The minimum Gasteiger partial charge on any atom is -0.376 e. The number of rotatable bonds is 7. The highest BCUT2D eigenvalue weighted by Gasteiger charge is 2.24. The molecule has 0 saturated carbocycles. The molecule has 1 N–H and O–H groups in total. The number of carbonyl (C=O) groups excluding carboxylic acids is 2. The second-order valence-electron chi connectivity index (χ2n) is 7.52. The zero-order valence-corrected chi connectivity index (χ0v) is 17.7. The van der Waals surface area contributed by atoms with Crippen molar-refractivity contribution in [3.8, 4) is 0 Å². The van der Waals surface area contributed by atoms with Crippen LogP contribution in [-0.4, -0.2) is 36.0 Å². The summed E-state index contributed by atoms with van der Waals surface area (Å²) in [7, 11) is 0. The van der Waals surface area contributed by atoms with Crippen LogP contribution < -0.4 is 5.32 Å². The van der Waals surface area contributed by atoms with Crippen LogP contribution in [0.15, 0.2) is 42.5 Å². The zero-order chi connectivity index (χ0) is 20.8. The smallest absolute Gasteiger partial charge is 0.233 e. The predicted molar refractivity (Wildman–Crippen MR) is 115 cm³/mol. The van der Waals surface area contributed by atoms with Crippen molar-refractivity contribution in [3.05, 3.63) is 64.2 Å². The standard InChI is InChI=1S/C23H27ClN2O3/c1-16-6-3-4-7-18(16)14-26(15-20-8-5-11-29-20)23(28)13-22(27)25-21-12-19(24)10-9-17(21)2/h3-4,6-7,9-10,12,20H,5,8,11,13-15H2,1-2H3,(H,25,27). The van der Waals surface area contributed by atoms with E-state index in [0.717, 1.165) is 36.1 Å². The summed E-state index contributed by atoms with van der Waals surface area (Å²) in [5.41, 5.74) is 3.72. The molecule has 2 aromatic carbocycles. The molecule has 0 radical (unpaired) electrons. The molecule has 1 saturated heterocycles. The molecule has 1 fully saturated rings. The number of anilines is 1. The van der Waals surface area contributed by atoms with Crippen molar-refractivity contribution in [3.63, 3.8) is 0 Å². The Morgan fingerprint density at radius 1 is 1.17 bits per heavy atom. The number of carbonyl (C=O) groups is 2. The fraction of sp³-hybridized carbons (Fsp3) is 0.391. The van der Waals surface area contributed by atoms with E-state index < -0.39 is 0 Å². The molecule has 1 aliphatic heterocycles. The maximum atomic E-state index is 13.0. The van der Waals surface area contributed by atoms with Gasteiger partial charge < -0.3 is 15.0 Å². The molecule has 1 aliphatic rings. The third-order valence-corrected chi connectivity index (χ3v) is 5.44. The molecule has 6 heteroatoms. The molecular weight excluding hydrogens is 388 g/mol. The molecule has 154 valence electrons. The molecular formula is C23H27ClN2O3. The second kappa shape index (κ2) is 9.90. The summed E-state index contributed by atoms with van der Waals surface area (Å²) >= 11 is 6.02. The van der Waals surface area contributed by atoms with E-state index in [-0.39, 0.29) is 24.3 Å². The number of ether oxygens (including phenoxy) is 1. The van der Waals surface area contributed by atoms with Gasteiger partial charge in [0, 0.05) is 30.4 Å². The minimum atomic E-state index is -0.345. The van der Waals surface area contributed by atoms with E-state index >= 15 is 0 Å². The van der Waals surface area contributed by atoms with Crippen LogP contribution in [0.4, 0.5) is 5.69 Å². The first-order chi connectivity index (χ1) is 13.9. The Morgan fingerprint density at radius 2 is 1.97 bits per heavy atom. The highest BCUT2D eigenvalue weighted by atomic mass is 35.5. The van der Waals surface area contributed by atoms with E-state index in [9.17, 15) is 9.59 Å². The van der Waals surface area contributed by atoms with Crippen molar-refractivity contribution in [1.82, 2.24) is 4.90 Å². The molecule has 0 aliphatic carbocycles. The predicted octanol–water partition coefficient (Wildman–Crippen LogP) is 4.49. The lowest BCUT2D eigenvalue weighted by Gasteiger charge is -2.26. The first-order valence-corrected chi connectivity index (χ1v) is 10.3. The van der Waals surface area contributed by atoms with Gasteiger partial charge in [0.15, 0.2) is 0 Å². The van der Waals surface area contributed by atoms with Crippen molar-refractivity contribution < 1.29 is 14.3 Å². The number of benzene rings is 2. The van der Waals surface area contributed by atoms with Gasteiger partial charge in [0.05, 0.1) is 6.10 Å². The van der Waals surface area contributed by atoms with Crippen molar-refractivity contribution in [1.29, 1.82) is 0 Å². The number of amides is 2. The van der Waals surface area contributed by atoms with E-state index in [1.165, 1.54) is 0 Å². The summed E-state index contributed by atoms with van der Waals surface area (Å²) in [5.74, 6) is -0.552. The van der Waals surface area contributed by atoms with Gasteiger partial charge in [0.25, 0.3) is 0 Å². The van der Waals surface area contributed by atoms with Crippen LogP contribution in [0.3, 0.4) is 0 Å². The Balaban J connectivity index is 1.68. The summed E-state index contributed by atoms with van der Waals surface area (Å²) in [6.07, 6.45) is 1.75. The van der Waals surface area contributed by atoms with Crippen LogP contribution in [0.5, 0.6) is 0 Å². The summed E-state index contributed by atoms with van der Waals surface area (Å²) in [4.78, 5) is 27.2.